The Balaban J connectivity index is 1.69. The Morgan fingerprint density at radius 1 is 1.31 bits per heavy atom. The Morgan fingerprint density at radius 2 is 2.06 bits per heavy atom. The van der Waals surface area contributed by atoms with Crippen LogP contribution < -0.4 is 0 Å². The predicted octanol–water partition coefficient (Wildman–Crippen LogP) is 4.17. The summed E-state index contributed by atoms with van der Waals surface area (Å²) in [5.74, 6) is 1.55. The summed E-state index contributed by atoms with van der Waals surface area (Å²) in [6.45, 7) is 4.27. The van der Waals surface area contributed by atoms with E-state index in [1.54, 1.807) is 0 Å². The third-order valence-corrected chi connectivity index (χ3v) is 5.55. The summed E-state index contributed by atoms with van der Waals surface area (Å²) in [7, 11) is 0. The highest BCUT2D eigenvalue weighted by atomic mass is 79.9. The molecule has 2 aliphatic rings. The van der Waals surface area contributed by atoms with Gasteiger partial charge in [-0.15, -0.1) is 0 Å². The Kier molecular flexibility index (Phi) is 4.48. The van der Waals surface area contributed by atoms with Crippen LogP contribution in [0.3, 0.4) is 0 Å². The van der Waals surface area contributed by atoms with Gasteiger partial charge in [0, 0.05) is 17.4 Å². The van der Waals surface area contributed by atoms with Gasteiger partial charge in [0.15, 0.2) is 0 Å². The molecule has 0 aromatic rings. The van der Waals surface area contributed by atoms with Gasteiger partial charge in [0.25, 0.3) is 0 Å². The van der Waals surface area contributed by atoms with E-state index in [1.807, 2.05) is 0 Å². The molecule has 2 rings (SSSR count). The lowest BCUT2D eigenvalue weighted by molar-refractivity contribution is -0.0106. The van der Waals surface area contributed by atoms with Gasteiger partial charge >= 0.3 is 0 Å². The van der Waals surface area contributed by atoms with E-state index in [9.17, 15) is 0 Å². The number of rotatable bonds is 5. The van der Waals surface area contributed by atoms with Gasteiger partial charge in [0.05, 0.1) is 6.61 Å². The van der Waals surface area contributed by atoms with Crippen molar-refractivity contribution in [3.05, 3.63) is 12.2 Å². The summed E-state index contributed by atoms with van der Waals surface area (Å²) in [6.07, 6.45) is 11.2. The van der Waals surface area contributed by atoms with Gasteiger partial charge in [0.1, 0.15) is 0 Å². The van der Waals surface area contributed by atoms with E-state index < -0.39 is 0 Å². The van der Waals surface area contributed by atoms with Crippen molar-refractivity contribution >= 4 is 15.9 Å². The molecule has 0 saturated heterocycles. The standard InChI is InChI=1S/C14H23BrO/c1-12-5-2-3-6-13(12)9-16-11-14(10-15)7-4-8-14/h2-3,12-13H,4-11H2,1H3. The smallest absolute Gasteiger partial charge is 0.0530 e. The molecule has 0 N–H and O–H groups in total. The number of ether oxygens (including phenoxy) is 1. The topological polar surface area (TPSA) is 9.23 Å². The normalized spacial score (nSPS) is 32.4. The number of halogens is 1. The maximum atomic E-state index is 5.98. The SMILES string of the molecule is CC1CC=CCC1COCC1(CBr)CCC1. The number of allylic oxidation sites excluding steroid dienone is 2. The molecular formula is C14H23BrO. The molecule has 1 fully saturated rings. The molecule has 1 saturated carbocycles. The Morgan fingerprint density at radius 3 is 2.62 bits per heavy atom. The number of alkyl halides is 1. The van der Waals surface area contributed by atoms with Gasteiger partial charge in [-0.2, -0.15) is 0 Å². The van der Waals surface area contributed by atoms with Gasteiger partial charge in [0.2, 0.25) is 0 Å². The van der Waals surface area contributed by atoms with Crippen LogP contribution in [0.5, 0.6) is 0 Å². The summed E-state index contributed by atoms with van der Waals surface area (Å²) < 4.78 is 5.98. The van der Waals surface area contributed by atoms with Crippen LogP contribution >= 0.6 is 15.9 Å². The minimum atomic E-state index is 0.480. The molecule has 2 heteroatoms. The first-order chi connectivity index (χ1) is 7.76. The maximum Gasteiger partial charge on any atom is 0.0530 e. The van der Waals surface area contributed by atoms with Crippen molar-refractivity contribution in [2.45, 2.75) is 39.0 Å². The molecule has 2 atom stereocenters. The predicted molar refractivity (Wildman–Crippen MR) is 71.9 cm³/mol. The average molecular weight is 287 g/mol. The summed E-state index contributed by atoms with van der Waals surface area (Å²) in [4.78, 5) is 0. The van der Waals surface area contributed by atoms with Crippen molar-refractivity contribution in [2.75, 3.05) is 18.5 Å². The summed E-state index contributed by atoms with van der Waals surface area (Å²) >= 11 is 3.63. The van der Waals surface area contributed by atoms with Crippen LogP contribution in [0.2, 0.25) is 0 Å². The zero-order valence-electron chi connectivity index (χ0n) is 10.3. The van der Waals surface area contributed by atoms with E-state index in [2.05, 4.69) is 35.0 Å². The third-order valence-electron chi connectivity index (χ3n) is 4.36. The molecule has 0 aromatic carbocycles. The third kappa shape index (κ3) is 2.89. The molecule has 0 bridgehead atoms. The lowest BCUT2D eigenvalue weighted by Gasteiger charge is -2.40. The molecule has 1 nitrogen and oxygen atoms in total. The van der Waals surface area contributed by atoms with Crippen molar-refractivity contribution in [3.8, 4) is 0 Å². The molecule has 2 unspecified atom stereocenters. The second-order valence-electron chi connectivity index (χ2n) is 5.68. The van der Waals surface area contributed by atoms with E-state index in [1.165, 1.54) is 32.1 Å². The van der Waals surface area contributed by atoms with E-state index >= 15 is 0 Å². The first kappa shape index (κ1) is 12.6. The van der Waals surface area contributed by atoms with Crippen LogP contribution in [0.15, 0.2) is 12.2 Å². The fourth-order valence-corrected chi connectivity index (χ4v) is 3.38. The molecule has 2 aliphatic carbocycles. The van der Waals surface area contributed by atoms with E-state index in [0.29, 0.717) is 5.41 Å². The molecule has 0 aliphatic heterocycles. The fourth-order valence-electron chi connectivity index (χ4n) is 2.66. The quantitative estimate of drug-likeness (QED) is 0.544. The minimum Gasteiger partial charge on any atom is -0.381 e. The molecule has 92 valence electrons. The van der Waals surface area contributed by atoms with Crippen molar-refractivity contribution in [3.63, 3.8) is 0 Å². The fraction of sp³-hybridized carbons (Fsp3) is 0.857. The van der Waals surface area contributed by atoms with Gasteiger partial charge in [-0.05, 0) is 37.5 Å². The zero-order valence-corrected chi connectivity index (χ0v) is 11.8. The summed E-state index contributed by atoms with van der Waals surface area (Å²) in [5.41, 5.74) is 0.480. The van der Waals surface area contributed by atoms with Crippen molar-refractivity contribution < 1.29 is 4.74 Å². The summed E-state index contributed by atoms with van der Waals surface area (Å²) in [5, 5.41) is 1.11. The van der Waals surface area contributed by atoms with Crippen molar-refractivity contribution in [2.24, 2.45) is 17.3 Å². The van der Waals surface area contributed by atoms with Crippen molar-refractivity contribution in [1.29, 1.82) is 0 Å². The van der Waals surface area contributed by atoms with Crippen LogP contribution in [-0.2, 0) is 4.74 Å². The van der Waals surface area contributed by atoms with Crippen LogP contribution in [-0.4, -0.2) is 18.5 Å². The Hall–Kier alpha value is 0.180. The highest BCUT2D eigenvalue weighted by molar-refractivity contribution is 9.09. The highest BCUT2D eigenvalue weighted by Crippen LogP contribution is 2.42. The molecule has 0 radical (unpaired) electrons. The van der Waals surface area contributed by atoms with Gasteiger partial charge < -0.3 is 4.74 Å². The van der Waals surface area contributed by atoms with Crippen LogP contribution in [0, 0.1) is 17.3 Å². The summed E-state index contributed by atoms with van der Waals surface area (Å²) in [6, 6.07) is 0. The minimum absolute atomic E-state index is 0.480. The maximum absolute atomic E-state index is 5.98. The molecule has 0 spiro atoms. The zero-order chi connectivity index (χ0) is 11.4. The van der Waals surface area contributed by atoms with Crippen LogP contribution in [0.4, 0.5) is 0 Å². The largest absolute Gasteiger partial charge is 0.381 e. The lowest BCUT2D eigenvalue weighted by atomic mass is 9.71. The average Bonchev–Trinajstić information content (AvgIpc) is 2.25. The molecule has 16 heavy (non-hydrogen) atoms. The van der Waals surface area contributed by atoms with E-state index in [-0.39, 0.29) is 0 Å². The van der Waals surface area contributed by atoms with Crippen LogP contribution in [0.1, 0.15) is 39.0 Å². The first-order valence-electron chi connectivity index (χ1n) is 6.54. The lowest BCUT2D eigenvalue weighted by Crippen LogP contribution is -2.37. The van der Waals surface area contributed by atoms with Gasteiger partial charge in [-0.25, -0.2) is 0 Å². The Bertz CT molecular complexity index is 240. The van der Waals surface area contributed by atoms with Gasteiger partial charge in [-0.3, -0.25) is 0 Å². The second kappa shape index (κ2) is 5.68. The van der Waals surface area contributed by atoms with Gasteiger partial charge in [-0.1, -0.05) is 41.4 Å². The second-order valence-corrected chi connectivity index (χ2v) is 6.24. The van der Waals surface area contributed by atoms with Crippen LogP contribution in [0.25, 0.3) is 0 Å². The van der Waals surface area contributed by atoms with Crippen molar-refractivity contribution in [1.82, 2.24) is 0 Å². The number of hydrogen-bond donors (Lipinski definition) is 0. The first-order valence-corrected chi connectivity index (χ1v) is 7.67. The molecule has 0 heterocycles. The number of hydrogen-bond acceptors (Lipinski definition) is 1. The highest BCUT2D eigenvalue weighted by Gasteiger charge is 2.36. The molecular weight excluding hydrogens is 264 g/mol. The Labute approximate surface area is 108 Å². The monoisotopic (exact) mass is 286 g/mol. The molecule has 0 aromatic heterocycles. The molecule has 0 amide bonds. The van der Waals surface area contributed by atoms with E-state index in [4.69, 9.17) is 4.74 Å². The van der Waals surface area contributed by atoms with E-state index in [0.717, 1.165) is 30.4 Å².